The van der Waals surface area contributed by atoms with Crippen molar-refractivity contribution < 1.29 is 19.4 Å². The molecule has 4 nitrogen and oxygen atoms in total. The third-order valence-electron chi connectivity index (χ3n) is 0.569. The van der Waals surface area contributed by atoms with Gasteiger partial charge in [0.15, 0.2) is 0 Å². The Bertz CT molecular complexity index is 108. The van der Waals surface area contributed by atoms with E-state index in [1.807, 2.05) is 0 Å². The number of carbonyl (C=O) groups is 1. The van der Waals surface area contributed by atoms with Crippen LogP contribution in [0.15, 0.2) is 12.3 Å². The van der Waals surface area contributed by atoms with Gasteiger partial charge in [0.25, 0.3) is 0 Å². The van der Waals surface area contributed by atoms with Gasteiger partial charge in [0.2, 0.25) is 0 Å². The van der Waals surface area contributed by atoms with E-state index >= 15 is 0 Å². The maximum Gasteiger partial charge on any atom is 0.508 e. The summed E-state index contributed by atoms with van der Waals surface area (Å²) in [6.45, 7) is 0.0309. The third-order valence-corrected chi connectivity index (χ3v) is 0.569. The summed E-state index contributed by atoms with van der Waals surface area (Å²) in [5, 5.41) is 8.04. The highest BCUT2D eigenvalue weighted by Crippen LogP contribution is 1.81. The number of ether oxygens (including phenoxy) is 2. The Labute approximate surface area is 52.7 Å². The monoisotopic (exact) mass is 132 g/mol. The van der Waals surface area contributed by atoms with Gasteiger partial charge in [-0.05, 0) is 6.08 Å². The minimum Gasteiger partial charge on any atom is -0.516 e. The van der Waals surface area contributed by atoms with E-state index in [2.05, 4.69) is 9.47 Å². The van der Waals surface area contributed by atoms with Gasteiger partial charge in [-0.3, -0.25) is 0 Å². The van der Waals surface area contributed by atoms with Crippen LogP contribution in [0, 0.1) is 0 Å². The molecule has 0 aromatic rings. The van der Waals surface area contributed by atoms with Gasteiger partial charge in [0, 0.05) is 0 Å². The van der Waals surface area contributed by atoms with Crippen molar-refractivity contribution >= 4 is 6.16 Å². The van der Waals surface area contributed by atoms with Crippen LogP contribution in [0.3, 0.4) is 0 Å². The SMILES string of the molecule is COC(=O)OCC=CO. The standard InChI is InChI=1S/C5H8O4/c1-8-5(7)9-4-2-3-6/h2-3,6H,4H2,1H3. The van der Waals surface area contributed by atoms with Crippen LogP contribution in [0.25, 0.3) is 0 Å². The van der Waals surface area contributed by atoms with Crippen molar-refractivity contribution in [3.8, 4) is 0 Å². The normalized spacial score (nSPS) is 9.44. The zero-order chi connectivity index (χ0) is 7.11. The molecule has 4 heteroatoms. The average molecular weight is 132 g/mol. The Balaban J connectivity index is 3.17. The first-order chi connectivity index (χ1) is 4.31. The number of hydrogen-bond acceptors (Lipinski definition) is 4. The number of aliphatic hydroxyl groups excluding tert-OH is 1. The van der Waals surface area contributed by atoms with Crippen LogP contribution < -0.4 is 0 Å². The second-order valence-corrected chi connectivity index (χ2v) is 1.15. The third kappa shape index (κ3) is 4.67. The number of methoxy groups -OCH3 is 1. The molecule has 0 atom stereocenters. The first-order valence-corrected chi connectivity index (χ1v) is 2.31. The van der Waals surface area contributed by atoms with Crippen molar-refractivity contribution in [1.82, 2.24) is 0 Å². The van der Waals surface area contributed by atoms with Crippen LogP contribution in [0.4, 0.5) is 4.79 Å². The van der Waals surface area contributed by atoms with Crippen LogP contribution in [0.5, 0.6) is 0 Å². The quantitative estimate of drug-likeness (QED) is 0.446. The van der Waals surface area contributed by atoms with Gasteiger partial charge in [-0.1, -0.05) is 0 Å². The van der Waals surface area contributed by atoms with E-state index in [4.69, 9.17) is 5.11 Å². The molecule has 0 unspecified atom stereocenters. The van der Waals surface area contributed by atoms with Gasteiger partial charge in [-0.15, -0.1) is 0 Å². The lowest BCUT2D eigenvalue weighted by Crippen LogP contribution is -2.03. The lowest BCUT2D eigenvalue weighted by atomic mass is 10.7. The van der Waals surface area contributed by atoms with E-state index in [0.717, 1.165) is 6.26 Å². The Hall–Kier alpha value is -1.19. The van der Waals surface area contributed by atoms with Crippen molar-refractivity contribution in [2.24, 2.45) is 0 Å². The van der Waals surface area contributed by atoms with Gasteiger partial charge in [0.05, 0.1) is 13.4 Å². The number of aliphatic hydroxyl groups is 1. The van der Waals surface area contributed by atoms with E-state index in [9.17, 15) is 4.79 Å². The van der Waals surface area contributed by atoms with Crippen LogP contribution in [0.1, 0.15) is 0 Å². The Morgan fingerprint density at radius 2 is 2.44 bits per heavy atom. The number of carbonyl (C=O) groups excluding carboxylic acids is 1. The fourth-order valence-electron chi connectivity index (χ4n) is 0.218. The van der Waals surface area contributed by atoms with Crippen molar-refractivity contribution in [2.45, 2.75) is 0 Å². The molecule has 0 spiro atoms. The summed E-state index contributed by atoms with van der Waals surface area (Å²) in [6.07, 6.45) is 1.31. The first-order valence-electron chi connectivity index (χ1n) is 2.31. The highest BCUT2D eigenvalue weighted by molar-refractivity contribution is 5.59. The molecule has 9 heavy (non-hydrogen) atoms. The molecule has 52 valence electrons. The summed E-state index contributed by atoms with van der Waals surface area (Å²) in [7, 11) is 1.21. The topological polar surface area (TPSA) is 55.8 Å². The summed E-state index contributed by atoms with van der Waals surface area (Å²) in [4.78, 5) is 10.1. The van der Waals surface area contributed by atoms with Crippen LogP contribution in [-0.2, 0) is 9.47 Å². The molecule has 0 rings (SSSR count). The lowest BCUT2D eigenvalue weighted by Gasteiger charge is -1.95. The Kier molecular flexibility index (Phi) is 4.30. The van der Waals surface area contributed by atoms with Gasteiger partial charge >= 0.3 is 6.16 Å². The summed E-state index contributed by atoms with van der Waals surface area (Å²) in [6, 6.07) is 0. The van der Waals surface area contributed by atoms with E-state index in [1.165, 1.54) is 13.2 Å². The highest BCUT2D eigenvalue weighted by atomic mass is 16.7. The molecule has 1 N–H and O–H groups in total. The van der Waals surface area contributed by atoms with Crippen LogP contribution >= 0.6 is 0 Å². The molecule has 0 bridgehead atoms. The van der Waals surface area contributed by atoms with Crippen LogP contribution in [-0.4, -0.2) is 25.0 Å². The van der Waals surface area contributed by atoms with Gasteiger partial charge in [0.1, 0.15) is 6.61 Å². The van der Waals surface area contributed by atoms with E-state index < -0.39 is 6.16 Å². The average Bonchev–Trinajstić information content (AvgIpc) is 1.89. The van der Waals surface area contributed by atoms with Gasteiger partial charge in [-0.2, -0.15) is 0 Å². The molecule has 0 amide bonds. The second-order valence-electron chi connectivity index (χ2n) is 1.15. The predicted molar refractivity (Wildman–Crippen MR) is 30.1 cm³/mol. The molecule has 0 fully saturated rings. The molecule has 0 saturated heterocycles. The minimum atomic E-state index is -0.756. The molecule has 0 aliphatic carbocycles. The maximum atomic E-state index is 10.1. The van der Waals surface area contributed by atoms with E-state index in [0.29, 0.717) is 0 Å². The van der Waals surface area contributed by atoms with Gasteiger partial charge in [-0.25, -0.2) is 4.79 Å². The Morgan fingerprint density at radius 1 is 1.78 bits per heavy atom. The summed E-state index contributed by atoms with van der Waals surface area (Å²) in [5.41, 5.74) is 0. The fourth-order valence-corrected chi connectivity index (χ4v) is 0.218. The second kappa shape index (κ2) is 4.96. The van der Waals surface area contributed by atoms with Crippen molar-refractivity contribution in [3.63, 3.8) is 0 Å². The van der Waals surface area contributed by atoms with E-state index in [-0.39, 0.29) is 6.61 Å². The summed E-state index contributed by atoms with van der Waals surface area (Å²) >= 11 is 0. The largest absolute Gasteiger partial charge is 0.516 e. The summed E-state index contributed by atoms with van der Waals surface area (Å²) < 4.78 is 8.44. The molecule has 0 heterocycles. The molecular formula is C5H8O4. The zero-order valence-electron chi connectivity index (χ0n) is 5.03. The maximum absolute atomic E-state index is 10.1. The highest BCUT2D eigenvalue weighted by Gasteiger charge is 1.94. The molecule has 0 aromatic heterocycles. The first kappa shape index (κ1) is 7.81. The number of rotatable bonds is 2. The molecular weight excluding hydrogens is 124 g/mol. The smallest absolute Gasteiger partial charge is 0.508 e. The number of hydrogen-bond donors (Lipinski definition) is 1. The molecule has 0 aliphatic heterocycles. The van der Waals surface area contributed by atoms with Crippen LogP contribution in [0.2, 0.25) is 0 Å². The molecule has 0 radical (unpaired) electrons. The molecule has 0 aliphatic rings. The Morgan fingerprint density at radius 3 is 2.89 bits per heavy atom. The van der Waals surface area contributed by atoms with Crippen molar-refractivity contribution in [3.05, 3.63) is 12.3 Å². The van der Waals surface area contributed by atoms with Gasteiger partial charge < -0.3 is 14.6 Å². The lowest BCUT2D eigenvalue weighted by molar-refractivity contribution is 0.0815. The zero-order valence-corrected chi connectivity index (χ0v) is 5.03. The summed E-state index contributed by atoms with van der Waals surface area (Å²) in [5.74, 6) is 0. The van der Waals surface area contributed by atoms with Crippen molar-refractivity contribution in [1.29, 1.82) is 0 Å². The van der Waals surface area contributed by atoms with E-state index in [1.54, 1.807) is 0 Å². The molecule has 0 saturated carbocycles. The minimum absolute atomic E-state index is 0.0309. The predicted octanol–water partition coefficient (Wildman–Crippen LogP) is 0.841. The molecule has 0 aromatic carbocycles. The fraction of sp³-hybridized carbons (Fsp3) is 0.400. The van der Waals surface area contributed by atoms with Crippen molar-refractivity contribution in [2.75, 3.05) is 13.7 Å².